The van der Waals surface area contributed by atoms with Gasteiger partial charge in [0.15, 0.2) is 0 Å². The van der Waals surface area contributed by atoms with Gasteiger partial charge in [0.25, 0.3) is 0 Å². The standard InChI is InChI=1S/C24H49NO4Si/c1-17(2)30(18(3)4,19(5)6)29-22(16-26)21(15-20-13-11-10-12-14-20)25-23(27)28-24(7,8)9/h17-22,26H,10-16H2,1-9H3,(H,25,27)/t21-,22-/m0/s1. The number of aliphatic hydroxyl groups is 1. The minimum atomic E-state index is -2.19. The molecular formula is C24H49NO4Si. The molecule has 0 aromatic rings. The van der Waals surface area contributed by atoms with Crippen LogP contribution in [0, 0.1) is 5.92 Å². The summed E-state index contributed by atoms with van der Waals surface area (Å²) in [6.07, 6.45) is 6.18. The molecule has 0 unspecified atom stereocenters. The normalized spacial score (nSPS) is 18.7. The smallest absolute Gasteiger partial charge is 0.407 e. The van der Waals surface area contributed by atoms with E-state index in [1.165, 1.54) is 32.1 Å². The van der Waals surface area contributed by atoms with Gasteiger partial charge in [-0.1, -0.05) is 73.6 Å². The van der Waals surface area contributed by atoms with Gasteiger partial charge in [0.2, 0.25) is 8.32 Å². The second kappa shape index (κ2) is 11.9. The van der Waals surface area contributed by atoms with Gasteiger partial charge in [-0.2, -0.15) is 0 Å². The third-order valence-electron chi connectivity index (χ3n) is 6.71. The molecule has 0 radical (unpaired) electrons. The lowest BCUT2D eigenvalue weighted by Crippen LogP contribution is -2.57. The van der Waals surface area contributed by atoms with E-state index in [-0.39, 0.29) is 12.6 Å². The Labute approximate surface area is 186 Å². The fourth-order valence-electron chi connectivity index (χ4n) is 5.46. The summed E-state index contributed by atoms with van der Waals surface area (Å²) in [6, 6.07) is -0.240. The van der Waals surface area contributed by atoms with Gasteiger partial charge in [0.05, 0.1) is 18.8 Å². The number of carbonyl (C=O) groups excluding carboxylic acids is 1. The zero-order valence-corrected chi connectivity index (χ0v) is 22.1. The van der Waals surface area contributed by atoms with Gasteiger partial charge in [-0.05, 0) is 49.7 Å². The number of alkyl carbamates (subject to hydrolysis) is 1. The van der Waals surface area contributed by atoms with E-state index in [2.05, 4.69) is 46.9 Å². The van der Waals surface area contributed by atoms with E-state index in [0.29, 0.717) is 22.5 Å². The van der Waals surface area contributed by atoms with E-state index in [9.17, 15) is 9.90 Å². The Balaban J connectivity index is 3.13. The third kappa shape index (κ3) is 7.83. The Morgan fingerprint density at radius 3 is 1.90 bits per heavy atom. The molecule has 0 aromatic heterocycles. The Bertz CT molecular complexity index is 488. The first-order valence-corrected chi connectivity index (χ1v) is 14.3. The number of amides is 1. The van der Waals surface area contributed by atoms with Crippen molar-refractivity contribution < 1.29 is 19.1 Å². The molecule has 0 heterocycles. The Morgan fingerprint density at radius 1 is 1.00 bits per heavy atom. The summed E-state index contributed by atoms with van der Waals surface area (Å²) in [5.74, 6) is 0.560. The topological polar surface area (TPSA) is 67.8 Å². The van der Waals surface area contributed by atoms with Crippen LogP contribution in [0.25, 0.3) is 0 Å². The monoisotopic (exact) mass is 443 g/mol. The van der Waals surface area contributed by atoms with Crippen molar-refractivity contribution in [1.29, 1.82) is 0 Å². The molecule has 178 valence electrons. The molecule has 1 fully saturated rings. The van der Waals surface area contributed by atoms with Crippen LogP contribution in [0.2, 0.25) is 16.6 Å². The second-order valence-electron chi connectivity index (χ2n) is 11.1. The summed E-state index contributed by atoms with van der Waals surface area (Å²) in [5, 5.41) is 13.5. The zero-order valence-electron chi connectivity index (χ0n) is 21.1. The lowest BCUT2D eigenvalue weighted by molar-refractivity contribution is 0.0292. The van der Waals surface area contributed by atoms with Crippen LogP contribution in [0.15, 0.2) is 0 Å². The maximum absolute atomic E-state index is 12.6. The molecule has 2 atom stereocenters. The highest BCUT2D eigenvalue weighted by Gasteiger charge is 2.48. The zero-order chi connectivity index (χ0) is 23.1. The van der Waals surface area contributed by atoms with Crippen LogP contribution in [-0.2, 0) is 9.16 Å². The highest BCUT2D eigenvalue weighted by molar-refractivity contribution is 6.77. The predicted molar refractivity (Wildman–Crippen MR) is 127 cm³/mol. The van der Waals surface area contributed by atoms with E-state index >= 15 is 0 Å². The van der Waals surface area contributed by atoms with Crippen molar-refractivity contribution in [3.8, 4) is 0 Å². The second-order valence-corrected chi connectivity index (χ2v) is 16.6. The highest BCUT2D eigenvalue weighted by Crippen LogP contribution is 2.43. The minimum Gasteiger partial charge on any atom is -0.444 e. The van der Waals surface area contributed by atoms with Gasteiger partial charge in [0.1, 0.15) is 5.60 Å². The maximum Gasteiger partial charge on any atom is 0.407 e. The van der Waals surface area contributed by atoms with Crippen molar-refractivity contribution in [3.05, 3.63) is 0 Å². The summed E-state index contributed by atoms with van der Waals surface area (Å²) in [5.41, 5.74) is 0.705. The van der Waals surface area contributed by atoms with E-state index < -0.39 is 26.1 Å². The van der Waals surface area contributed by atoms with Crippen LogP contribution in [0.3, 0.4) is 0 Å². The number of hydrogen-bond acceptors (Lipinski definition) is 4. The summed E-state index contributed by atoms with van der Waals surface area (Å²) < 4.78 is 12.5. The van der Waals surface area contributed by atoms with Crippen LogP contribution in [-0.4, -0.2) is 43.9 Å². The summed E-state index contributed by atoms with van der Waals surface area (Å²) in [7, 11) is -2.19. The fourth-order valence-corrected chi connectivity index (χ4v) is 11.0. The SMILES string of the molecule is CC(C)[Si](O[C@@H](CO)[C@H](CC1CCCCC1)NC(=O)OC(C)(C)C)(C(C)C)C(C)C. The van der Waals surface area contributed by atoms with E-state index in [1.807, 2.05) is 20.8 Å². The molecule has 1 saturated carbocycles. The molecule has 0 bridgehead atoms. The van der Waals surface area contributed by atoms with Gasteiger partial charge >= 0.3 is 6.09 Å². The number of aliphatic hydroxyl groups excluding tert-OH is 1. The van der Waals surface area contributed by atoms with Gasteiger partial charge in [-0.15, -0.1) is 0 Å². The minimum absolute atomic E-state index is 0.0892. The van der Waals surface area contributed by atoms with Gasteiger partial charge in [-0.25, -0.2) is 4.79 Å². The number of rotatable bonds is 10. The number of hydrogen-bond donors (Lipinski definition) is 2. The van der Waals surface area contributed by atoms with Crippen LogP contribution in [0.4, 0.5) is 4.79 Å². The maximum atomic E-state index is 12.6. The molecular weight excluding hydrogens is 394 g/mol. The van der Waals surface area contributed by atoms with Crippen LogP contribution < -0.4 is 5.32 Å². The average Bonchev–Trinajstić information content (AvgIpc) is 2.60. The van der Waals surface area contributed by atoms with Crippen LogP contribution >= 0.6 is 0 Å². The van der Waals surface area contributed by atoms with Crippen molar-refractivity contribution in [2.45, 2.75) is 135 Å². The highest BCUT2D eigenvalue weighted by atomic mass is 28.4. The fraction of sp³-hybridized carbons (Fsp3) is 0.958. The first-order chi connectivity index (χ1) is 13.8. The summed E-state index contributed by atoms with van der Waals surface area (Å²) in [6.45, 7) is 19.0. The predicted octanol–water partition coefficient (Wildman–Crippen LogP) is 6.40. The Hall–Kier alpha value is -0.593. The van der Waals surface area contributed by atoms with Crippen LogP contribution in [0.5, 0.6) is 0 Å². The first kappa shape index (κ1) is 27.4. The lowest BCUT2D eigenvalue weighted by atomic mass is 9.84. The molecule has 5 nitrogen and oxygen atoms in total. The van der Waals surface area contributed by atoms with Crippen molar-refractivity contribution in [3.63, 3.8) is 0 Å². The van der Waals surface area contributed by atoms with E-state index in [0.717, 1.165) is 6.42 Å². The molecule has 0 aliphatic heterocycles. The van der Waals surface area contributed by atoms with E-state index in [4.69, 9.17) is 9.16 Å². The Morgan fingerprint density at radius 2 is 1.50 bits per heavy atom. The summed E-state index contributed by atoms with van der Waals surface area (Å²) in [4.78, 5) is 12.6. The largest absolute Gasteiger partial charge is 0.444 e. The third-order valence-corrected chi connectivity index (χ3v) is 12.8. The molecule has 6 heteroatoms. The van der Waals surface area contributed by atoms with Gasteiger partial charge < -0.3 is 19.6 Å². The molecule has 0 aromatic carbocycles. The average molecular weight is 444 g/mol. The molecule has 0 spiro atoms. The van der Waals surface area contributed by atoms with Crippen molar-refractivity contribution in [2.75, 3.05) is 6.61 Å². The molecule has 1 aliphatic rings. The molecule has 30 heavy (non-hydrogen) atoms. The molecule has 2 N–H and O–H groups in total. The van der Waals surface area contributed by atoms with Gasteiger partial charge in [0, 0.05) is 0 Å². The molecule has 1 aliphatic carbocycles. The number of nitrogens with one attached hydrogen (secondary N) is 1. The van der Waals surface area contributed by atoms with Crippen molar-refractivity contribution in [1.82, 2.24) is 5.32 Å². The molecule has 0 saturated heterocycles. The number of carbonyl (C=O) groups is 1. The first-order valence-electron chi connectivity index (χ1n) is 12.1. The Kier molecular flexibility index (Phi) is 10.9. The van der Waals surface area contributed by atoms with Crippen LogP contribution in [0.1, 0.15) is 101 Å². The van der Waals surface area contributed by atoms with E-state index in [1.54, 1.807) is 0 Å². The van der Waals surface area contributed by atoms with Gasteiger partial charge in [-0.3, -0.25) is 0 Å². The van der Waals surface area contributed by atoms with Crippen molar-refractivity contribution >= 4 is 14.4 Å². The quantitative estimate of drug-likeness (QED) is 0.383. The number of ether oxygens (including phenoxy) is 1. The molecule has 1 rings (SSSR count). The molecule has 1 amide bonds. The van der Waals surface area contributed by atoms with Crippen molar-refractivity contribution in [2.24, 2.45) is 5.92 Å². The lowest BCUT2D eigenvalue weighted by Gasteiger charge is -2.46. The summed E-state index contributed by atoms with van der Waals surface area (Å²) >= 11 is 0.